The smallest absolute Gasteiger partial charge is 0.335 e. The summed E-state index contributed by atoms with van der Waals surface area (Å²) in [7, 11) is 0. The molecule has 4 rings (SSSR count). The van der Waals surface area contributed by atoms with Gasteiger partial charge in [0.15, 0.2) is 0 Å². The van der Waals surface area contributed by atoms with E-state index in [9.17, 15) is 9.59 Å². The van der Waals surface area contributed by atoms with Gasteiger partial charge in [-0.25, -0.2) is 4.79 Å². The van der Waals surface area contributed by atoms with E-state index in [0.29, 0.717) is 23.3 Å². The SMILES string of the molecule is O=C(O)c1ccc(C=C2CCN(C(=O)C(C3CCCCC3)C3CCCCC3)CC2)cc1. The maximum absolute atomic E-state index is 13.7. The summed E-state index contributed by atoms with van der Waals surface area (Å²) in [6.45, 7) is 1.65. The molecule has 4 nitrogen and oxygen atoms in total. The van der Waals surface area contributed by atoms with Crippen LogP contribution in [0.1, 0.15) is 93.0 Å². The van der Waals surface area contributed by atoms with Gasteiger partial charge in [0.2, 0.25) is 5.91 Å². The monoisotopic (exact) mass is 423 g/mol. The number of likely N-dealkylation sites (tertiary alicyclic amines) is 1. The number of amides is 1. The highest BCUT2D eigenvalue weighted by Gasteiger charge is 2.38. The van der Waals surface area contributed by atoms with Gasteiger partial charge in [-0.1, -0.05) is 62.3 Å². The van der Waals surface area contributed by atoms with Crippen LogP contribution >= 0.6 is 0 Å². The van der Waals surface area contributed by atoms with Gasteiger partial charge < -0.3 is 10.0 Å². The molecule has 168 valence electrons. The third kappa shape index (κ3) is 5.58. The van der Waals surface area contributed by atoms with Crippen molar-refractivity contribution in [1.29, 1.82) is 0 Å². The Hall–Kier alpha value is -2.10. The highest BCUT2D eigenvalue weighted by molar-refractivity contribution is 5.87. The molecule has 1 aromatic carbocycles. The van der Waals surface area contributed by atoms with Gasteiger partial charge in [0.1, 0.15) is 0 Å². The number of carboxylic acids is 1. The summed E-state index contributed by atoms with van der Waals surface area (Å²) in [5, 5.41) is 9.06. The van der Waals surface area contributed by atoms with Crippen LogP contribution in [0.25, 0.3) is 6.08 Å². The fraction of sp³-hybridized carbons (Fsp3) is 0.630. The van der Waals surface area contributed by atoms with Crippen LogP contribution in [0.5, 0.6) is 0 Å². The molecule has 1 N–H and O–H groups in total. The van der Waals surface area contributed by atoms with E-state index >= 15 is 0 Å². The van der Waals surface area contributed by atoms with Gasteiger partial charge in [0.05, 0.1) is 5.56 Å². The van der Waals surface area contributed by atoms with Crippen molar-refractivity contribution in [2.24, 2.45) is 17.8 Å². The quantitative estimate of drug-likeness (QED) is 0.616. The van der Waals surface area contributed by atoms with E-state index in [1.54, 1.807) is 12.1 Å². The van der Waals surface area contributed by atoms with E-state index in [2.05, 4.69) is 11.0 Å². The van der Waals surface area contributed by atoms with Crippen LogP contribution in [0.15, 0.2) is 29.8 Å². The number of hydrogen-bond acceptors (Lipinski definition) is 2. The maximum Gasteiger partial charge on any atom is 0.335 e. The minimum Gasteiger partial charge on any atom is -0.478 e. The Kier molecular flexibility index (Phi) is 7.47. The summed E-state index contributed by atoms with van der Waals surface area (Å²) >= 11 is 0. The average molecular weight is 424 g/mol. The molecule has 0 atom stereocenters. The standard InChI is InChI=1S/C27H37NO3/c29-26(25(22-7-3-1-4-8-22)23-9-5-2-6-10-23)28-17-15-21(16-18-28)19-20-11-13-24(14-12-20)27(30)31/h11-14,19,22-23,25H,1-10,15-18H2,(H,30,31). The molecule has 1 saturated heterocycles. The molecule has 31 heavy (non-hydrogen) atoms. The molecular weight excluding hydrogens is 386 g/mol. The Morgan fingerprint density at radius 3 is 1.84 bits per heavy atom. The minimum absolute atomic E-state index is 0.259. The second-order valence-electron chi connectivity index (χ2n) is 9.88. The second kappa shape index (κ2) is 10.5. The maximum atomic E-state index is 13.7. The molecule has 1 aliphatic heterocycles. The Balaban J connectivity index is 1.39. The number of rotatable bonds is 5. The van der Waals surface area contributed by atoms with Crippen LogP contribution in [-0.2, 0) is 4.79 Å². The van der Waals surface area contributed by atoms with Crippen molar-refractivity contribution < 1.29 is 14.7 Å². The first-order valence-corrected chi connectivity index (χ1v) is 12.4. The molecule has 0 aromatic heterocycles. The second-order valence-corrected chi connectivity index (χ2v) is 9.88. The van der Waals surface area contributed by atoms with Crippen molar-refractivity contribution in [2.75, 3.05) is 13.1 Å². The van der Waals surface area contributed by atoms with Crippen molar-refractivity contribution in [3.8, 4) is 0 Å². The fourth-order valence-electron chi connectivity index (χ4n) is 6.10. The van der Waals surface area contributed by atoms with Crippen molar-refractivity contribution in [3.05, 3.63) is 41.0 Å². The number of benzene rings is 1. The van der Waals surface area contributed by atoms with Crippen LogP contribution in [0.2, 0.25) is 0 Å². The highest BCUT2D eigenvalue weighted by Crippen LogP contribution is 2.41. The molecular formula is C27H37NO3. The minimum atomic E-state index is -0.892. The van der Waals surface area contributed by atoms with Crippen LogP contribution in [0.3, 0.4) is 0 Å². The van der Waals surface area contributed by atoms with Crippen LogP contribution < -0.4 is 0 Å². The van der Waals surface area contributed by atoms with Gasteiger partial charge in [-0.2, -0.15) is 0 Å². The fourth-order valence-corrected chi connectivity index (χ4v) is 6.10. The predicted octanol–water partition coefficient (Wildman–Crippen LogP) is 6.17. The molecule has 0 radical (unpaired) electrons. The Morgan fingerprint density at radius 1 is 0.839 bits per heavy atom. The summed E-state index contributed by atoms with van der Waals surface area (Å²) in [4.78, 5) is 26.9. The normalized spacial score (nSPS) is 21.3. The summed E-state index contributed by atoms with van der Waals surface area (Å²) in [5.41, 5.74) is 2.72. The number of carboxylic acid groups (broad SMARTS) is 1. The van der Waals surface area contributed by atoms with Crippen molar-refractivity contribution in [1.82, 2.24) is 4.90 Å². The molecule has 2 saturated carbocycles. The van der Waals surface area contributed by atoms with Gasteiger partial charge >= 0.3 is 5.97 Å². The van der Waals surface area contributed by atoms with Gasteiger partial charge in [0, 0.05) is 19.0 Å². The van der Waals surface area contributed by atoms with E-state index in [4.69, 9.17) is 5.11 Å². The average Bonchev–Trinajstić information content (AvgIpc) is 2.81. The van der Waals surface area contributed by atoms with Crippen molar-refractivity contribution in [2.45, 2.75) is 77.0 Å². The molecule has 3 fully saturated rings. The molecule has 3 aliphatic rings. The van der Waals surface area contributed by atoms with E-state index in [0.717, 1.165) is 31.5 Å². The Morgan fingerprint density at radius 2 is 1.35 bits per heavy atom. The Labute approximate surface area is 186 Å². The van der Waals surface area contributed by atoms with Crippen LogP contribution in [-0.4, -0.2) is 35.0 Å². The predicted molar refractivity (Wildman–Crippen MR) is 124 cm³/mol. The molecule has 1 heterocycles. The van der Waals surface area contributed by atoms with E-state index in [1.807, 2.05) is 12.1 Å². The third-order valence-electron chi connectivity index (χ3n) is 7.85. The zero-order chi connectivity index (χ0) is 21.6. The molecule has 1 amide bonds. The summed E-state index contributed by atoms with van der Waals surface area (Å²) in [5.74, 6) is 1.03. The lowest BCUT2D eigenvalue weighted by molar-refractivity contribution is -0.141. The van der Waals surface area contributed by atoms with Crippen molar-refractivity contribution in [3.63, 3.8) is 0 Å². The Bertz CT molecular complexity index is 757. The van der Waals surface area contributed by atoms with Gasteiger partial charge in [-0.05, 0) is 68.1 Å². The number of nitrogens with zero attached hydrogens (tertiary/aromatic N) is 1. The number of hydrogen-bond donors (Lipinski definition) is 1. The van der Waals surface area contributed by atoms with Crippen LogP contribution in [0, 0.1) is 17.8 Å². The topological polar surface area (TPSA) is 57.6 Å². The lowest BCUT2D eigenvalue weighted by Gasteiger charge is -2.40. The van der Waals surface area contributed by atoms with Crippen molar-refractivity contribution >= 4 is 18.0 Å². The zero-order valence-corrected chi connectivity index (χ0v) is 18.7. The lowest BCUT2D eigenvalue weighted by Crippen LogP contribution is -2.45. The van der Waals surface area contributed by atoms with E-state index in [-0.39, 0.29) is 5.92 Å². The molecule has 2 aliphatic carbocycles. The summed E-state index contributed by atoms with van der Waals surface area (Å²) < 4.78 is 0. The number of piperidine rings is 1. The molecule has 0 unspecified atom stereocenters. The summed E-state index contributed by atoms with van der Waals surface area (Å²) in [6, 6.07) is 7.06. The third-order valence-corrected chi connectivity index (χ3v) is 7.85. The first kappa shape index (κ1) is 22.1. The van der Waals surface area contributed by atoms with Crippen LogP contribution in [0.4, 0.5) is 0 Å². The largest absolute Gasteiger partial charge is 0.478 e. The zero-order valence-electron chi connectivity index (χ0n) is 18.7. The van der Waals surface area contributed by atoms with Gasteiger partial charge in [-0.15, -0.1) is 0 Å². The van der Waals surface area contributed by atoms with Gasteiger partial charge in [-0.3, -0.25) is 4.79 Å². The highest BCUT2D eigenvalue weighted by atomic mass is 16.4. The first-order valence-electron chi connectivity index (χ1n) is 12.4. The molecule has 4 heteroatoms. The number of aromatic carboxylic acids is 1. The molecule has 1 aromatic rings. The first-order chi connectivity index (χ1) is 15.1. The number of carbonyl (C=O) groups is 2. The molecule has 0 bridgehead atoms. The van der Waals surface area contributed by atoms with Gasteiger partial charge in [0.25, 0.3) is 0 Å². The molecule has 0 spiro atoms. The van der Waals surface area contributed by atoms with E-state index < -0.39 is 5.97 Å². The summed E-state index contributed by atoms with van der Waals surface area (Å²) in [6.07, 6.45) is 16.9. The van der Waals surface area contributed by atoms with E-state index in [1.165, 1.54) is 69.8 Å². The number of carbonyl (C=O) groups excluding carboxylic acids is 1. The lowest BCUT2D eigenvalue weighted by atomic mass is 9.69.